The van der Waals surface area contributed by atoms with Crippen LogP contribution < -0.4 is 0 Å². The number of β-lactam (4-membered cyclic amide) rings is 1. The quantitative estimate of drug-likeness (QED) is 0.483. The van der Waals surface area contributed by atoms with Crippen molar-refractivity contribution in [2.45, 2.75) is 41.8 Å². The van der Waals surface area contributed by atoms with Crippen LogP contribution in [0, 0.1) is 0 Å². The Morgan fingerprint density at radius 2 is 2.17 bits per heavy atom. The molecule has 2 heterocycles. The van der Waals surface area contributed by atoms with Gasteiger partial charge in [0.05, 0.1) is 0 Å². The lowest BCUT2D eigenvalue weighted by Crippen LogP contribution is -2.60. The number of alkyl halides is 1. The Bertz CT molecular complexity index is 243. The molecule has 2 rings (SSSR count). The Labute approximate surface area is 85.2 Å². The molecule has 0 aromatic rings. The smallest absolute Gasteiger partial charge is 0.240 e. The summed E-state index contributed by atoms with van der Waals surface area (Å²) in [7, 11) is 0. The van der Waals surface area contributed by atoms with E-state index in [1.807, 2.05) is 16.7 Å². The highest BCUT2D eigenvalue weighted by molar-refractivity contribution is 9.10. The highest BCUT2D eigenvalue weighted by atomic mass is 79.9. The summed E-state index contributed by atoms with van der Waals surface area (Å²) < 4.78 is 0.211. The van der Waals surface area contributed by atoms with E-state index in [9.17, 15) is 4.79 Å². The van der Waals surface area contributed by atoms with Crippen molar-refractivity contribution in [3.63, 3.8) is 0 Å². The molecule has 4 heteroatoms. The third kappa shape index (κ3) is 0.909. The number of carbonyl (C=O) groups excluding carboxylic acids is 1. The minimum absolute atomic E-state index is 0.0618. The molecule has 3 atom stereocenters. The fourth-order valence-corrected chi connectivity index (χ4v) is 4.10. The summed E-state index contributed by atoms with van der Waals surface area (Å²) in [6, 6.07) is 0.369. The van der Waals surface area contributed by atoms with E-state index < -0.39 is 0 Å². The zero-order valence-corrected chi connectivity index (χ0v) is 9.78. The van der Waals surface area contributed by atoms with Gasteiger partial charge in [-0.3, -0.25) is 4.79 Å². The maximum atomic E-state index is 11.4. The van der Waals surface area contributed by atoms with Crippen LogP contribution in [-0.2, 0) is 4.79 Å². The maximum Gasteiger partial charge on any atom is 0.240 e. The van der Waals surface area contributed by atoms with Gasteiger partial charge in [0.1, 0.15) is 10.2 Å². The number of hydrogen-bond donors (Lipinski definition) is 0. The molecule has 0 radical (unpaired) electrons. The molecule has 0 spiro atoms. The number of nitrogens with zero attached hydrogens (tertiary/aromatic N) is 1. The van der Waals surface area contributed by atoms with Gasteiger partial charge in [-0.25, -0.2) is 0 Å². The number of hydrogen-bond acceptors (Lipinski definition) is 2. The van der Waals surface area contributed by atoms with Crippen LogP contribution in [0.1, 0.15) is 20.8 Å². The van der Waals surface area contributed by atoms with Gasteiger partial charge in [-0.05, 0) is 20.8 Å². The minimum Gasteiger partial charge on any atom is -0.324 e. The Hall–Kier alpha value is 0.300. The lowest BCUT2D eigenvalue weighted by molar-refractivity contribution is -0.142. The summed E-state index contributed by atoms with van der Waals surface area (Å²) in [6.07, 6.45) is 0. The van der Waals surface area contributed by atoms with E-state index in [0.717, 1.165) is 0 Å². The van der Waals surface area contributed by atoms with E-state index in [2.05, 4.69) is 36.7 Å². The lowest BCUT2D eigenvalue weighted by atomic mass is 10.0. The molecule has 12 heavy (non-hydrogen) atoms. The first-order valence-electron chi connectivity index (χ1n) is 4.09. The summed E-state index contributed by atoms with van der Waals surface area (Å²) in [5.41, 5.74) is 0. The standard InChI is InChI=1S/C8H12BrNOS/c1-4-8(2,3)12-7-5(9)6(11)10(4)7/h4-5,7H,1-3H3/t4-,5-,7+/m0/s1. The molecule has 2 nitrogen and oxygen atoms in total. The first kappa shape index (κ1) is 8.88. The van der Waals surface area contributed by atoms with Crippen LogP contribution in [0.5, 0.6) is 0 Å². The van der Waals surface area contributed by atoms with Crippen molar-refractivity contribution >= 4 is 33.6 Å². The molecule has 0 unspecified atom stereocenters. The van der Waals surface area contributed by atoms with E-state index in [0.29, 0.717) is 11.4 Å². The molecule has 0 aliphatic carbocycles. The van der Waals surface area contributed by atoms with Crippen LogP contribution in [0.3, 0.4) is 0 Å². The summed E-state index contributed by atoms with van der Waals surface area (Å²) in [5.74, 6) is 0.255. The fraction of sp³-hybridized carbons (Fsp3) is 0.875. The number of carbonyl (C=O) groups is 1. The van der Waals surface area contributed by atoms with E-state index >= 15 is 0 Å². The predicted molar refractivity (Wildman–Crippen MR) is 54.5 cm³/mol. The molecule has 1 amide bonds. The van der Waals surface area contributed by atoms with Gasteiger partial charge in [0.25, 0.3) is 0 Å². The minimum atomic E-state index is 0.0618. The highest BCUT2D eigenvalue weighted by Crippen LogP contribution is 2.52. The predicted octanol–water partition coefficient (Wildman–Crippen LogP) is 1.83. The fourth-order valence-electron chi connectivity index (χ4n) is 1.72. The molecule has 2 saturated heterocycles. The van der Waals surface area contributed by atoms with Crippen LogP contribution in [0.25, 0.3) is 0 Å². The van der Waals surface area contributed by atoms with E-state index in [4.69, 9.17) is 0 Å². The molecule has 0 bridgehead atoms. The molecule has 2 aliphatic rings. The van der Waals surface area contributed by atoms with Crippen molar-refractivity contribution in [2.24, 2.45) is 0 Å². The average Bonchev–Trinajstić information content (AvgIpc) is 2.21. The molecule has 2 aliphatic heterocycles. The third-order valence-corrected chi connectivity index (χ3v) is 5.79. The second-order valence-corrected chi connectivity index (χ2v) is 6.69. The molecular formula is C8H12BrNOS. The van der Waals surface area contributed by atoms with Crippen LogP contribution in [0.2, 0.25) is 0 Å². The first-order valence-corrected chi connectivity index (χ1v) is 5.89. The van der Waals surface area contributed by atoms with Gasteiger partial charge in [0, 0.05) is 10.8 Å². The Balaban J connectivity index is 2.24. The zero-order chi connectivity index (χ0) is 9.09. The number of thioether (sulfide) groups is 1. The summed E-state index contributed by atoms with van der Waals surface area (Å²) in [4.78, 5) is 13.5. The Morgan fingerprint density at radius 3 is 2.67 bits per heavy atom. The number of rotatable bonds is 0. The van der Waals surface area contributed by atoms with Crippen LogP contribution >= 0.6 is 27.7 Å². The van der Waals surface area contributed by atoms with Gasteiger partial charge in [-0.1, -0.05) is 15.9 Å². The topological polar surface area (TPSA) is 20.3 Å². The van der Waals surface area contributed by atoms with Gasteiger partial charge < -0.3 is 4.90 Å². The number of fused-ring (bicyclic) bond motifs is 1. The second-order valence-electron chi connectivity index (χ2n) is 3.94. The Morgan fingerprint density at radius 1 is 1.58 bits per heavy atom. The van der Waals surface area contributed by atoms with Crippen molar-refractivity contribution < 1.29 is 4.79 Å². The van der Waals surface area contributed by atoms with Gasteiger partial charge >= 0.3 is 0 Å². The van der Waals surface area contributed by atoms with Crippen molar-refractivity contribution in [2.75, 3.05) is 0 Å². The van der Waals surface area contributed by atoms with E-state index in [-0.39, 0.29) is 15.5 Å². The van der Waals surface area contributed by atoms with Crippen molar-refractivity contribution in [3.8, 4) is 0 Å². The van der Waals surface area contributed by atoms with Crippen molar-refractivity contribution in [1.29, 1.82) is 0 Å². The highest BCUT2D eigenvalue weighted by Gasteiger charge is 2.58. The van der Waals surface area contributed by atoms with Crippen LogP contribution in [-0.4, -0.2) is 31.8 Å². The molecule has 0 aromatic heterocycles. The van der Waals surface area contributed by atoms with Crippen molar-refractivity contribution in [3.05, 3.63) is 0 Å². The van der Waals surface area contributed by atoms with Gasteiger partial charge in [-0.15, -0.1) is 11.8 Å². The third-order valence-electron chi connectivity index (χ3n) is 2.86. The van der Waals surface area contributed by atoms with Gasteiger partial charge in [0.2, 0.25) is 5.91 Å². The molecule has 2 fully saturated rings. The summed E-state index contributed by atoms with van der Waals surface area (Å²) >= 11 is 5.30. The molecular weight excluding hydrogens is 238 g/mol. The van der Waals surface area contributed by atoms with Gasteiger partial charge in [-0.2, -0.15) is 0 Å². The van der Waals surface area contributed by atoms with Crippen LogP contribution in [0.15, 0.2) is 0 Å². The van der Waals surface area contributed by atoms with Crippen LogP contribution in [0.4, 0.5) is 0 Å². The zero-order valence-electron chi connectivity index (χ0n) is 7.37. The first-order chi connectivity index (χ1) is 5.45. The van der Waals surface area contributed by atoms with E-state index in [1.165, 1.54) is 0 Å². The maximum absolute atomic E-state index is 11.4. The molecule has 0 aromatic carbocycles. The van der Waals surface area contributed by atoms with Crippen molar-refractivity contribution in [1.82, 2.24) is 4.90 Å². The average molecular weight is 250 g/mol. The van der Waals surface area contributed by atoms with Gasteiger partial charge in [0.15, 0.2) is 0 Å². The van der Waals surface area contributed by atoms with E-state index in [1.54, 1.807) is 0 Å². The summed E-state index contributed by atoms with van der Waals surface area (Å²) in [6.45, 7) is 6.53. The number of halogens is 1. The number of amides is 1. The molecule has 0 saturated carbocycles. The summed E-state index contributed by atoms with van der Waals surface area (Å²) in [5, 5.41) is 0.377. The molecule has 0 N–H and O–H groups in total. The SMILES string of the molecule is C[C@@H]1N2C(=O)[C@H](Br)[C@H]2SC1(C)C. The Kier molecular flexibility index (Phi) is 1.78. The second kappa shape index (κ2) is 2.41. The monoisotopic (exact) mass is 249 g/mol. The lowest BCUT2D eigenvalue weighted by Gasteiger charge is -2.41. The normalized spacial score (nSPS) is 44.2. The largest absolute Gasteiger partial charge is 0.324 e. The molecule has 68 valence electrons.